The van der Waals surface area contributed by atoms with Gasteiger partial charge >= 0.3 is 25.7 Å². The number of hydrogen-bond acceptors (Lipinski definition) is 9. The molecule has 0 aliphatic rings. The lowest BCUT2D eigenvalue weighted by molar-refractivity contribution is -0.161. The molecule has 54 heavy (non-hydrogen) atoms. The maximum absolute atomic E-state index is 12.6. The number of carboxylic acid groups (broad SMARTS) is 1. The molecular formula is C42H74NO10P. The Morgan fingerprint density at radius 3 is 1.54 bits per heavy atom. The van der Waals surface area contributed by atoms with E-state index in [2.05, 4.69) is 67.0 Å². The normalized spacial score (nSPS) is 14.3. The van der Waals surface area contributed by atoms with E-state index in [9.17, 15) is 23.8 Å². The Kier molecular flexibility index (Phi) is 35.6. The van der Waals surface area contributed by atoms with Crippen molar-refractivity contribution in [3.63, 3.8) is 0 Å². The van der Waals surface area contributed by atoms with E-state index in [4.69, 9.17) is 24.8 Å². The molecule has 4 N–H and O–H groups in total. The lowest BCUT2D eigenvalue weighted by Gasteiger charge is -2.20. The van der Waals surface area contributed by atoms with E-state index in [0.717, 1.165) is 89.9 Å². The number of aliphatic carboxylic acids is 1. The summed E-state index contributed by atoms with van der Waals surface area (Å²) in [5, 5.41) is 8.87. The molecule has 12 heteroatoms. The third-order valence-corrected chi connectivity index (χ3v) is 9.50. The fourth-order valence-corrected chi connectivity index (χ4v) is 6.01. The van der Waals surface area contributed by atoms with Crippen molar-refractivity contribution in [2.24, 2.45) is 5.73 Å². The summed E-state index contributed by atoms with van der Waals surface area (Å²) in [7, 11) is -4.72. The Labute approximate surface area is 326 Å². The summed E-state index contributed by atoms with van der Waals surface area (Å²) in [6, 6.07) is -1.53. The van der Waals surface area contributed by atoms with E-state index in [0.29, 0.717) is 12.8 Å². The maximum Gasteiger partial charge on any atom is 0.472 e. The highest BCUT2D eigenvalue weighted by Crippen LogP contribution is 2.43. The molecule has 3 atom stereocenters. The predicted molar refractivity (Wildman–Crippen MR) is 217 cm³/mol. The topological polar surface area (TPSA) is 172 Å². The Balaban J connectivity index is 4.41. The Hall–Kier alpha value is -2.56. The molecule has 312 valence electrons. The van der Waals surface area contributed by atoms with Gasteiger partial charge in [0.05, 0.1) is 13.2 Å². The number of unbranched alkanes of at least 4 members (excludes halogenated alkanes) is 16. The molecule has 0 rings (SSSR count). The highest BCUT2D eigenvalue weighted by atomic mass is 31.2. The average molecular weight is 784 g/mol. The van der Waals surface area contributed by atoms with Gasteiger partial charge in [0.25, 0.3) is 0 Å². The van der Waals surface area contributed by atoms with Gasteiger partial charge in [-0.1, -0.05) is 133 Å². The van der Waals surface area contributed by atoms with Crippen LogP contribution in [0, 0.1) is 0 Å². The lowest BCUT2D eigenvalue weighted by atomic mass is 10.1. The molecule has 0 bridgehead atoms. The van der Waals surface area contributed by atoms with Crippen molar-refractivity contribution in [2.45, 2.75) is 180 Å². The second kappa shape index (κ2) is 37.4. The number of ether oxygens (including phenoxy) is 2. The Morgan fingerprint density at radius 1 is 0.574 bits per heavy atom. The molecule has 0 aromatic heterocycles. The Bertz CT molecular complexity index is 1110. The molecule has 0 aliphatic heterocycles. The highest BCUT2D eigenvalue weighted by molar-refractivity contribution is 7.47. The van der Waals surface area contributed by atoms with Gasteiger partial charge in [-0.15, -0.1) is 0 Å². The van der Waals surface area contributed by atoms with Crippen LogP contribution in [0.2, 0.25) is 0 Å². The standard InChI is InChI=1S/C42H74NO10P/c1-3-5-7-9-11-13-15-16-17-18-19-20-21-22-24-26-28-30-32-34-41(45)53-38(36-51-54(48,49)52-37-39(43)42(46)47)35-50-40(44)33-31-29-27-25-23-14-12-10-8-6-4-2/h10-13,16-17,19-20,38-39H,3-9,14-15,18,21-37,43H2,1-2H3,(H,46,47)(H,48,49)/b12-10-,13-11-,17-16-,20-19-. The molecule has 0 aromatic carbocycles. The number of phosphoric acid groups is 1. The molecule has 0 aromatic rings. The number of esters is 2. The second-order valence-corrected chi connectivity index (χ2v) is 15.2. The van der Waals surface area contributed by atoms with Crippen LogP contribution in [0.3, 0.4) is 0 Å². The third-order valence-electron chi connectivity index (χ3n) is 8.55. The average Bonchev–Trinajstić information content (AvgIpc) is 3.14. The van der Waals surface area contributed by atoms with Crippen LogP contribution in [0.25, 0.3) is 0 Å². The molecule has 0 radical (unpaired) electrons. The van der Waals surface area contributed by atoms with Gasteiger partial charge in [-0.25, -0.2) is 4.57 Å². The molecule has 0 spiro atoms. The van der Waals surface area contributed by atoms with Crippen molar-refractivity contribution in [1.29, 1.82) is 0 Å². The predicted octanol–water partition coefficient (Wildman–Crippen LogP) is 10.6. The number of allylic oxidation sites excluding steroid dienone is 8. The zero-order valence-corrected chi connectivity index (χ0v) is 34.4. The van der Waals surface area contributed by atoms with Crippen molar-refractivity contribution in [1.82, 2.24) is 0 Å². The van der Waals surface area contributed by atoms with Gasteiger partial charge < -0.3 is 25.2 Å². The van der Waals surface area contributed by atoms with Crippen LogP contribution in [-0.4, -0.2) is 59.9 Å². The smallest absolute Gasteiger partial charge is 0.472 e. The summed E-state index contributed by atoms with van der Waals surface area (Å²) in [4.78, 5) is 45.8. The van der Waals surface area contributed by atoms with Crippen molar-refractivity contribution >= 4 is 25.7 Å². The third kappa shape index (κ3) is 36.4. The van der Waals surface area contributed by atoms with Gasteiger partial charge in [0.15, 0.2) is 6.10 Å². The van der Waals surface area contributed by atoms with Crippen molar-refractivity contribution < 1.29 is 47.5 Å². The van der Waals surface area contributed by atoms with Crippen LogP contribution in [-0.2, 0) is 37.5 Å². The number of phosphoric ester groups is 1. The van der Waals surface area contributed by atoms with Crippen molar-refractivity contribution in [3.05, 3.63) is 48.6 Å². The number of nitrogens with two attached hydrogens (primary N) is 1. The van der Waals surface area contributed by atoms with E-state index in [1.165, 1.54) is 38.5 Å². The van der Waals surface area contributed by atoms with E-state index >= 15 is 0 Å². The van der Waals surface area contributed by atoms with Crippen molar-refractivity contribution in [3.8, 4) is 0 Å². The minimum atomic E-state index is -4.72. The maximum atomic E-state index is 12.6. The van der Waals surface area contributed by atoms with Gasteiger partial charge in [0.2, 0.25) is 0 Å². The summed E-state index contributed by atoms with van der Waals surface area (Å²) in [6.45, 7) is 2.70. The number of carbonyl (C=O) groups excluding carboxylic acids is 2. The summed E-state index contributed by atoms with van der Waals surface area (Å²) in [5.74, 6) is -2.41. The summed E-state index contributed by atoms with van der Waals surface area (Å²) < 4.78 is 32.6. The van der Waals surface area contributed by atoms with E-state index < -0.39 is 51.1 Å². The quantitative estimate of drug-likeness (QED) is 0.0235. The first-order valence-corrected chi connectivity index (χ1v) is 22.2. The molecule has 0 fully saturated rings. The molecule has 0 saturated heterocycles. The first-order valence-electron chi connectivity index (χ1n) is 20.7. The fraction of sp³-hybridized carbons (Fsp3) is 0.738. The molecule has 3 unspecified atom stereocenters. The van der Waals surface area contributed by atoms with E-state index in [1.807, 2.05) is 0 Å². The van der Waals surface area contributed by atoms with Crippen LogP contribution in [0.4, 0.5) is 0 Å². The van der Waals surface area contributed by atoms with Gasteiger partial charge in [0.1, 0.15) is 12.6 Å². The van der Waals surface area contributed by atoms with Crippen molar-refractivity contribution in [2.75, 3.05) is 19.8 Å². The molecule has 0 amide bonds. The summed E-state index contributed by atoms with van der Waals surface area (Å²) >= 11 is 0. The van der Waals surface area contributed by atoms with Gasteiger partial charge in [-0.3, -0.25) is 23.4 Å². The number of hydrogen-bond donors (Lipinski definition) is 3. The van der Waals surface area contributed by atoms with Crippen LogP contribution in [0.1, 0.15) is 168 Å². The van der Waals surface area contributed by atoms with E-state index in [1.54, 1.807) is 0 Å². The highest BCUT2D eigenvalue weighted by Gasteiger charge is 2.28. The SMILES string of the molecule is CCCC/C=C\CCCCCCCC(=O)OCC(COP(=O)(O)OCC(N)C(=O)O)OC(=O)CCCCCCCC/C=C\C/C=C\C/C=C\CCCCC. The van der Waals surface area contributed by atoms with E-state index in [-0.39, 0.29) is 19.4 Å². The largest absolute Gasteiger partial charge is 0.480 e. The molecule has 0 saturated carbocycles. The molecule has 0 aliphatic carbocycles. The number of carboxylic acids is 1. The van der Waals surface area contributed by atoms with Crippen LogP contribution < -0.4 is 5.73 Å². The van der Waals surface area contributed by atoms with Gasteiger partial charge in [-0.2, -0.15) is 0 Å². The summed E-state index contributed by atoms with van der Waals surface area (Å²) in [6.07, 6.45) is 40.3. The van der Waals surface area contributed by atoms with Crippen LogP contribution in [0.5, 0.6) is 0 Å². The first kappa shape index (κ1) is 51.4. The van der Waals surface area contributed by atoms with Gasteiger partial charge in [0, 0.05) is 12.8 Å². The monoisotopic (exact) mass is 784 g/mol. The number of rotatable bonds is 38. The molecular weight excluding hydrogens is 709 g/mol. The fourth-order valence-electron chi connectivity index (χ4n) is 5.23. The molecule has 11 nitrogen and oxygen atoms in total. The number of carbonyl (C=O) groups is 3. The molecule has 0 heterocycles. The first-order chi connectivity index (χ1) is 26.1. The second-order valence-electron chi connectivity index (χ2n) is 13.8. The Morgan fingerprint density at radius 2 is 1.00 bits per heavy atom. The minimum Gasteiger partial charge on any atom is -0.480 e. The summed E-state index contributed by atoms with van der Waals surface area (Å²) in [5.41, 5.74) is 5.32. The van der Waals surface area contributed by atoms with Crippen LogP contribution in [0.15, 0.2) is 48.6 Å². The zero-order valence-electron chi connectivity index (χ0n) is 33.6. The zero-order chi connectivity index (χ0) is 40.0. The lowest BCUT2D eigenvalue weighted by Crippen LogP contribution is -2.34. The van der Waals surface area contributed by atoms with Gasteiger partial charge in [-0.05, 0) is 70.6 Å². The minimum absolute atomic E-state index is 0.143. The van der Waals surface area contributed by atoms with Crippen LogP contribution >= 0.6 is 7.82 Å².